The highest BCUT2D eigenvalue weighted by Crippen LogP contribution is 2.31. The van der Waals surface area contributed by atoms with Gasteiger partial charge in [0.05, 0.1) is 7.11 Å². The first-order valence-corrected chi connectivity index (χ1v) is 5.52. The van der Waals surface area contributed by atoms with Crippen LogP contribution in [0.4, 0.5) is 0 Å². The van der Waals surface area contributed by atoms with Crippen LogP contribution in [-0.2, 0) is 0 Å². The van der Waals surface area contributed by atoms with E-state index in [2.05, 4.69) is 30.1 Å². The number of piperidine rings is 1. The lowest BCUT2D eigenvalue weighted by atomic mass is 9.96. The van der Waals surface area contributed by atoms with Gasteiger partial charge in [-0.2, -0.15) is 0 Å². The van der Waals surface area contributed by atoms with E-state index in [1.165, 1.54) is 24.8 Å². The molecule has 1 atom stereocenters. The summed E-state index contributed by atoms with van der Waals surface area (Å²) in [5, 5.41) is 0. The summed E-state index contributed by atoms with van der Waals surface area (Å²) in [6.45, 7) is 1.10. The highest BCUT2D eigenvalue weighted by molar-refractivity contribution is 5.30. The molecule has 0 radical (unpaired) electrons. The summed E-state index contributed by atoms with van der Waals surface area (Å²) in [6, 6.07) is 8.79. The number of likely N-dealkylation sites (tertiary alicyclic amines) is 1. The average Bonchev–Trinajstić information content (AvgIpc) is 2.30. The molecular weight excluding hydrogens is 186 g/mol. The number of rotatable bonds is 2. The molecule has 1 heterocycles. The zero-order valence-corrected chi connectivity index (χ0v) is 9.28. The van der Waals surface area contributed by atoms with Crippen LogP contribution < -0.4 is 4.74 Å². The first kappa shape index (κ1) is 10.5. The maximum atomic E-state index is 5.24. The van der Waals surface area contributed by atoms with Gasteiger partial charge in [0, 0.05) is 6.04 Å². The van der Waals surface area contributed by atoms with Gasteiger partial charge < -0.3 is 9.64 Å². The van der Waals surface area contributed by atoms with Gasteiger partial charge in [-0.25, -0.2) is 0 Å². The van der Waals surface area contributed by atoms with Crippen LogP contribution in [0.25, 0.3) is 0 Å². The molecule has 1 aromatic rings. The van der Waals surface area contributed by atoms with Crippen LogP contribution in [0.15, 0.2) is 24.3 Å². The van der Waals surface area contributed by atoms with Gasteiger partial charge in [-0.1, -0.05) is 18.6 Å². The van der Waals surface area contributed by atoms with E-state index < -0.39 is 0 Å². The van der Waals surface area contributed by atoms with E-state index in [4.69, 9.17) is 4.74 Å². The number of nitrogens with zero attached hydrogens (tertiary/aromatic N) is 1. The Morgan fingerprint density at radius 3 is 3.00 bits per heavy atom. The van der Waals surface area contributed by atoms with Crippen molar-refractivity contribution < 1.29 is 4.74 Å². The van der Waals surface area contributed by atoms with E-state index in [-0.39, 0.29) is 0 Å². The molecule has 1 aliphatic heterocycles. The van der Waals surface area contributed by atoms with E-state index in [1.54, 1.807) is 7.11 Å². The Labute approximate surface area is 91.9 Å². The number of methoxy groups -OCH3 is 1. The second kappa shape index (κ2) is 4.67. The Kier molecular flexibility index (Phi) is 3.27. The molecule has 0 amide bonds. The largest absolute Gasteiger partial charge is 0.497 e. The van der Waals surface area contributed by atoms with Gasteiger partial charge in [0.25, 0.3) is 0 Å². The van der Waals surface area contributed by atoms with Crippen molar-refractivity contribution >= 4 is 0 Å². The number of ether oxygens (including phenoxy) is 1. The van der Waals surface area contributed by atoms with Crippen molar-refractivity contribution in [3.63, 3.8) is 0 Å². The van der Waals surface area contributed by atoms with Gasteiger partial charge >= 0.3 is 0 Å². The monoisotopic (exact) mass is 204 g/mol. The molecule has 0 aliphatic carbocycles. The lowest BCUT2D eigenvalue weighted by molar-refractivity contribution is 0.211. The summed E-state index contributed by atoms with van der Waals surface area (Å²) in [5.74, 6) is 0.937. The molecule has 2 heteroatoms. The molecule has 2 rings (SSSR count). The maximum Gasteiger partial charge on any atom is 0.119 e. The molecule has 0 bridgehead atoms. The fourth-order valence-electron chi connectivity index (χ4n) is 2.22. The highest BCUT2D eigenvalue weighted by atomic mass is 16.5. The first-order chi connectivity index (χ1) is 7.31. The molecule has 0 spiro atoms. The molecule has 0 saturated carbocycles. The lowest BCUT2D eigenvalue weighted by Crippen LogP contribution is -2.27. The van der Waals surface area contributed by atoms with Crippen LogP contribution in [0.3, 0.4) is 0 Å². The van der Waals surface area contributed by atoms with Crippen molar-refractivity contribution in [2.75, 3.05) is 13.7 Å². The summed E-state index contributed by atoms with van der Waals surface area (Å²) in [5.41, 5.74) is 1.32. The fraction of sp³-hybridized carbons (Fsp3) is 0.462. The standard InChI is InChI=1S/C13H18NO/c1-14-9-4-3-8-13(14)11-6-5-7-12(10-11)15-2/h5-7,10,13H,1,3-4,8-9H2,2H3/q-1. The molecule has 1 saturated heterocycles. The van der Waals surface area contributed by atoms with E-state index >= 15 is 0 Å². The number of hydrogen-bond acceptors (Lipinski definition) is 2. The van der Waals surface area contributed by atoms with E-state index in [0.29, 0.717) is 6.04 Å². The van der Waals surface area contributed by atoms with Crippen molar-refractivity contribution in [2.24, 2.45) is 0 Å². The second-order valence-corrected chi connectivity index (χ2v) is 4.10. The molecule has 1 fully saturated rings. The van der Waals surface area contributed by atoms with Crippen LogP contribution >= 0.6 is 0 Å². The first-order valence-electron chi connectivity index (χ1n) is 5.52. The minimum absolute atomic E-state index is 0.467. The van der Waals surface area contributed by atoms with Gasteiger partial charge in [0.15, 0.2) is 0 Å². The number of hydrogen-bond donors (Lipinski definition) is 0. The summed E-state index contributed by atoms with van der Waals surface area (Å²) in [7, 11) is 5.81. The Morgan fingerprint density at radius 1 is 1.40 bits per heavy atom. The maximum absolute atomic E-state index is 5.24. The molecule has 82 valence electrons. The van der Waals surface area contributed by atoms with E-state index in [1.807, 2.05) is 6.07 Å². The Hall–Kier alpha value is -1.02. The summed E-state index contributed by atoms with van der Waals surface area (Å²) in [6.07, 6.45) is 3.77. The van der Waals surface area contributed by atoms with Crippen molar-refractivity contribution in [2.45, 2.75) is 25.3 Å². The third kappa shape index (κ3) is 2.32. The van der Waals surface area contributed by atoms with Crippen molar-refractivity contribution in [1.29, 1.82) is 0 Å². The third-order valence-corrected chi connectivity index (χ3v) is 3.09. The van der Waals surface area contributed by atoms with Gasteiger partial charge in [0.2, 0.25) is 0 Å². The van der Waals surface area contributed by atoms with Crippen LogP contribution in [0.5, 0.6) is 5.75 Å². The fourth-order valence-corrected chi connectivity index (χ4v) is 2.22. The second-order valence-electron chi connectivity index (χ2n) is 4.10. The summed E-state index contributed by atoms with van der Waals surface area (Å²) < 4.78 is 5.24. The SMILES string of the molecule is [CH2-]N1CCCCC1c1cccc(OC)c1. The quantitative estimate of drug-likeness (QED) is 0.687. The van der Waals surface area contributed by atoms with Gasteiger partial charge in [-0.05, 0) is 37.1 Å². The predicted molar refractivity (Wildman–Crippen MR) is 61.6 cm³/mol. The predicted octanol–water partition coefficient (Wildman–Crippen LogP) is 3.01. The normalized spacial score (nSPS) is 22.7. The van der Waals surface area contributed by atoms with E-state index in [0.717, 1.165) is 12.3 Å². The minimum atomic E-state index is 0.467. The van der Waals surface area contributed by atoms with Crippen molar-refractivity contribution in [3.05, 3.63) is 36.9 Å². The average molecular weight is 204 g/mol. The minimum Gasteiger partial charge on any atom is -0.497 e. The van der Waals surface area contributed by atoms with Gasteiger partial charge in [-0.15, -0.1) is 0 Å². The molecular formula is C13H18NO-. The Bertz CT molecular complexity index is 324. The summed E-state index contributed by atoms with van der Waals surface area (Å²) >= 11 is 0. The van der Waals surface area contributed by atoms with Gasteiger partial charge in [-0.3, -0.25) is 7.05 Å². The molecule has 1 aromatic carbocycles. The van der Waals surface area contributed by atoms with Crippen LogP contribution in [0.1, 0.15) is 30.9 Å². The molecule has 0 aromatic heterocycles. The van der Waals surface area contributed by atoms with Crippen LogP contribution in [-0.4, -0.2) is 18.6 Å². The molecule has 15 heavy (non-hydrogen) atoms. The smallest absolute Gasteiger partial charge is 0.119 e. The molecule has 1 unspecified atom stereocenters. The van der Waals surface area contributed by atoms with Crippen LogP contribution in [0.2, 0.25) is 0 Å². The van der Waals surface area contributed by atoms with Crippen molar-refractivity contribution in [3.8, 4) is 5.75 Å². The van der Waals surface area contributed by atoms with E-state index in [9.17, 15) is 0 Å². The molecule has 2 nitrogen and oxygen atoms in total. The molecule has 1 aliphatic rings. The lowest BCUT2D eigenvalue weighted by Gasteiger charge is -2.39. The van der Waals surface area contributed by atoms with Crippen LogP contribution in [0, 0.1) is 7.05 Å². The molecule has 0 N–H and O–H groups in total. The Morgan fingerprint density at radius 2 is 2.27 bits per heavy atom. The van der Waals surface area contributed by atoms with Crippen molar-refractivity contribution in [1.82, 2.24) is 4.90 Å². The Balaban J connectivity index is 2.19. The number of benzene rings is 1. The topological polar surface area (TPSA) is 12.5 Å². The highest BCUT2D eigenvalue weighted by Gasteiger charge is 2.16. The summed E-state index contributed by atoms with van der Waals surface area (Å²) in [4.78, 5) is 2.19. The zero-order chi connectivity index (χ0) is 10.7. The third-order valence-electron chi connectivity index (χ3n) is 3.09. The van der Waals surface area contributed by atoms with Gasteiger partial charge in [0.1, 0.15) is 5.75 Å². The zero-order valence-electron chi connectivity index (χ0n) is 9.28.